The average Bonchev–Trinajstić information content (AvgIpc) is 2.29. The van der Waals surface area contributed by atoms with Crippen molar-refractivity contribution in [3.63, 3.8) is 0 Å². The molecule has 2 aromatic carbocycles. The molecule has 0 atom stereocenters. The van der Waals surface area contributed by atoms with Gasteiger partial charge in [0.15, 0.2) is 0 Å². The molecule has 2 rings (SSSR count). The van der Waals surface area contributed by atoms with Gasteiger partial charge in [0.2, 0.25) is 0 Å². The molecule has 0 heterocycles. The van der Waals surface area contributed by atoms with Crippen LogP contribution in [-0.2, 0) is 11.4 Å². The van der Waals surface area contributed by atoms with E-state index < -0.39 is 0 Å². The van der Waals surface area contributed by atoms with E-state index in [0.717, 1.165) is 6.54 Å². The lowest BCUT2D eigenvalue weighted by atomic mass is 10.1. The summed E-state index contributed by atoms with van der Waals surface area (Å²) in [5, 5.41) is 4.37. The first-order valence-electron chi connectivity index (χ1n) is 5.02. The quantitative estimate of drug-likeness (QED) is 0.708. The fraction of sp³-hybridized carbons (Fsp3) is 0.231. The molecular weight excluding hydrogens is 186 g/mol. The molecule has 0 aromatic heterocycles. The molecule has 0 unspecified atom stereocenters. The van der Waals surface area contributed by atoms with Gasteiger partial charge in [0.05, 0.1) is 7.11 Å². The maximum absolute atomic E-state index is 5.10. The Morgan fingerprint density at radius 2 is 1.80 bits per heavy atom. The Hall–Kier alpha value is -1.38. The topological polar surface area (TPSA) is 12.5 Å². The number of hydrogen-bond acceptors (Lipinski definition) is 2. The highest BCUT2D eigenvalue weighted by atomic mass is 16.7. The van der Waals surface area contributed by atoms with Gasteiger partial charge >= 0.3 is 0 Å². The average molecular weight is 201 g/mol. The van der Waals surface area contributed by atoms with Crippen LogP contribution >= 0.6 is 0 Å². The van der Waals surface area contributed by atoms with E-state index in [1.807, 2.05) is 12.1 Å². The zero-order valence-corrected chi connectivity index (χ0v) is 9.10. The Bertz CT molecular complexity index is 453. The molecule has 0 spiro atoms. The lowest BCUT2D eigenvalue weighted by Gasteiger charge is -2.13. The summed E-state index contributed by atoms with van der Waals surface area (Å²) in [4.78, 5) is 5.10. The van der Waals surface area contributed by atoms with Gasteiger partial charge in [0, 0.05) is 13.6 Å². The van der Waals surface area contributed by atoms with Gasteiger partial charge in [-0.05, 0) is 22.4 Å². The molecule has 15 heavy (non-hydrogen) atoms. The second-order valence-electron chi connectivity index (χ2n) is 3.65. The fourth-order valence-electron chi connectivity index (χ4n) is 1.66. The van der Waals surface area contributed by atoms with E-state index >= 15 is 0 Å². The van der Waals surface area contributed by atoms with E-state index in [4.69, 9.17) is 4.84 Å². The first-order valence-corrected chi connectivity index (χ1v) is 5.02. The first kappa shape index (κ1) is 10.1. The molecule has 2 heteroatoms. The summed E-state index contributed by atoms with van der Waals surface area (Å²) in [5.74, 6) is 0. The maximum atomic E-state index is 5.10. The summed E-state index contributed by atoms with van der Waals surface area (Å²) in [7, 11) is 3.61. The minimum atomic E-state index is 0.807. The minimum absolute atomic E-state index is 0.807. The molecule has 2 aromatic rings. The summed E-state index contributed by atoms with van der Waals surface area (Å²) in [5.41, 5.74) is 1.26. The maximum Gasteiger partial charge on any atom is 0.0575 e. The van der Waals surface area contributed by atoms with E-state index in [1.54, 1.807) is 7.11 Å². The Balaban J connectivity index is 2.30. The van der Waals surface area contributed by atoms with Gasteiger partial charge < -0.3 is 4.84 Å². The molecule has 0 N–H and O–H groups in total. The van der Waals surface area contributed by atoms with Crippen molar-refractivity contribution in [1.82, 2.24) is 5.06 Å². The van der Waals surface area contributed by atoms with Crippen LogP contribution in [0, 0.1) is 0 Å². The molecule has 0 saturated heterocycles. The third-order valence-electron chi connectivity index (χ3n) is 2.53. The summed E-state index contributed by atoms with van der Waals surface area (Å²) in [6.07, 6.45) is 0. The number of nitrogens with zero attached hydrogens (tertiary/aromatic N) is 1. The van der Waals surface area contributed by atoms with E-state index in [-0.39, 0.29) is 0 Å². The van der Waals surface area contributed by atoms with Crippen LogP contribution < -0.4 is 0 Å². The molecule has 0 aliphatic rings. The number of fused-ring (bicyclic) bond motifs is 1. The molecule has 0 aliphatic carbocycles. The molecule has 0 radical (unpaired) electrons. The SMILES string of the molecule is CON(C)Cc1ccc2ccccc2c1. The smallest absolute Gasteiger partial charge is 0.0575 e. The molecule has 78 valence electrons. The minimum Gasteiger partial charge on any atom is -0.302 e. The largest absolute Gasteiger partial charge is 0.302 e. The molecular formula is C13H15NO. The first-order chi connectivity index (χ1) is 7.29. The van der Waals surface area contributed by atoms with E-state index in [1.165, 1.54) is 16.3 Å². The second-order valence-corrected chi connectivity index (χ2v) is 3.65. The summed E-state index contributed by atoms with van der Waals surface area (Å²) in [6, 6.07) is 14.9. The predicted octanol–water partition coefficient (Wildman–Crippen LogP) is 2.83. The third-order valence-corrected chi connectivity index (χ3v) is 2.53. The van der Waals surface area contributed by atoms with Gasteiger partial charge in [0.1, 0.15) is 0 Å². The van der Waals surface area contributed by atoms with Crippen molar-refractivity contribution in [2.75, 3.05) is 14.2 Å². The van der Waals surface area contributed by atoms with Crippen molar-refractivity contribution in [3.8, 4) is 0 Å². The van der Waals surface area contributed by atoms with Crippen molar-refractivity contribution >= 4 is 10.8 Å². The Kier molecular flexibility index (Phi) is 2.99. The van der Waals surface area contributed by atoms with Crippen LogP contribution in [0.4, 0.5) is 0 Å². The van der Waals surface area contributed by atoms with Gasteiger partial charge in [-0.25, -0.2) is 0 Å². The lowest BCUT2D eigenvalue weighted by molar-refractivity contribution is -0.116. The third kappa shape index (κ3) is 2.35. The molecule has 0 aliphatic heterocycles. The van der Waals surface area contributed by atoms with E-state index in [0.29, 0.717) is 0 Å². The van der Waals surface area contributed by atoms with Crippen LogP contribution in [0.3, 0.4) is 0 Å². The highest BCUT2D eigenvalue weighted by Crippen LogP contribution is 2.16. The highest BCUT2D eigenvalue weighted by Gasteiger charge is 1.99. The van der Waals surface area contributed by atoms with Crippen LogP contribution in [0.2, 0.25) is 0 Å². The van der Waals surface area contributed by atoms with E-state index in [2.05, 4.69) is 42.5 Å². The molecule has 0 bridgehead atoms. The van der Waals surface area contributed by atoms with Crippen molar-refractivity contribution in [3.05, 3.63) is 48.0 Å². The zero-order valence-electron chi connectivity index (χ0n) is 9.10. The van der Waals surface area contributed by atoms with Crippen molar-refractivity contribution < 1.29 is 4.84 Å². The van der Waals surface area contributed by atoms with Crippen LogP contribution in [-0.4, -0.2) is 19.2 Å². The van der Waals surface area contributed by atoms with E-state index in [9.17, 15) is 0 Å². The second kappa shape index (κ2) is 4.43. The summed E-state index contributed by atoms with van der Waals surface area (Å²) >= 11 is 0. The summed E-state index contributed by atoms with van der Waals surface area (Å²) in [6.45, 7) is 0.807. The number of hydrogen-bond donors (Lipinski definition) is 0. The van der Waals surface area contributed by atoms with Gasteiger partial charge in [0.25, 0.3) is 0 Å². The number of benzene rings is 2. The van der Waals surface area contributed by atoms with Crippen LogP contribution in [0.15, 0.2) is 42.5 Å². The van der Waals surface area contributed by atoms with Crippen LogP contribution in [0.1, 0.15) is 5.56 Å². The molecule has 0 amide bonds. The van der Waals surface area contributed by atoms with Crippen LogP contribution in [0.25, 0.3) is 10.8 Å². The Morgan fingerprint density at radius 3 is 2.53 bits per heavy atom. The monoisotopic (exact) mass is 201 g/mol. The predicted molar refractivity (Wildman–Crippen MR) is 62.4 cm³/mol. The molecule has 0 fully saturated rings. The van der Waals surface area contributed by atoms with Crippen molar-refractivity contribution in [2.24, 2.45) is 0 Å². The van der Waals surface area contributed by atoms with Crippen LogP contribution in [0.5, 0.6) is 0 Å². The normalized spacial score (nSPS) is 11.1. The standard InChI is InChI=1S/C13H15NO/c1-14(15-2)10-11-7-8-12-5-3-4-6-13(12)9-11/h3-9H,10H2,1-2H3. The molecule has 2 nitrogen and oxygen atoms in total. The van der Waals surface area contributed by atoms with Gasteiger partial charge in [-0.3, -0.25) is 0 Å². The number of hydroxylamine groups is 2. The van der Waals surface area contributed by atoms with Crippen molar-refractivity contribution in [1.29, 1.82) is 0 Å². The Labute approximate surface area is 90.0 Å². The lowest BCUT2D eigenvalue weighted by Crippen LogP contribution is -2.15. The zero-order chi connectivity index (χ0) is 10.7. The number of rotatable bonds is 3. The van der Waals surface area contributed by atoms with Gasteiger partial charge in [-0.15, -0.1) is 0 Å². The van der Waals surface area contributed by atoms with Gasteiger partial charge in [-0.1, -0.05) is 36.4 Å². The fourth-order valence-corrected chi connectivity index (χ4v) is 1.66. The van der Waals surface area contributed by atoms with Crippen molar-refractivity contribution in [2.45, 2.75) is 6.54 Å². The highest BCUT2D eigenvalue weighted by molar-refractivity contribution is 5.82. The summed E-state index contributed by atoms with van der Waals surface area (Å²) < 4.78 is 0. The van der Waals surface area contributed by atoms with Gasteiger partial charge in [-0.2, -0.15) is 5.06 Å². The Morgan fingerprint density at radius 1 is 1.07 bits per heavy atom. The molecule has 0 saturated carbocycles.